The van der Waals surface area contributed by atoms with Gasteiger partial charge in [0.2, 0.25) is 10.0 Å². The summed E-state index contributed by atoms with van der Waals surface area (Å²) >= 11 is 0. The molecule has 1 fully saturated rings. The molecule has 178 valence electrons. The molecule has 3 aromatic rings. The molecule has 0 aromatic heterocycles. The van der Waals surface area contributed by atoms with Crippen molar-refractivity contribution in [1.82, 2.24) is 4.31 Å². The number of allylic oxidation sites excluding steroid dienone is 1. The summed E-state index contributed by atoms with van der Waals surface area (Å²) in [6.07, 6.45) is 2.54. The Morgan fingerprint density at radius 2 is 1.50 bits per heavy atom. The van der Waals surface area contributed by atoms with E-state index in [1.807, 2.05) is 69.3 Å². The average molecular weight is 482 g/mol. The van der Waals surface area contributed by atoms with Crippen molar-refractivity contribution in [3.63, 3.8) is 0 Å². The van der Waals surface area contributed by atoms with Crippen LogP contribution in [0.3, 0.4) is 0 Å². The lowest BCUT2D eigenvalue weighted by molar-refractivity contribution is -0.0411. The van der Waals surface area contributed by atoms with Crippen LogP contribution in [-0.4, -0.2) is 25.3 Å². The van der Waals surface area contributed by atoms with Gasteiger partial charge in [0, 0.05) is 18.0 Å². The maximum absolute atomic E-state index is 15.9. The molecule has 3 nitrogen and oxygen atoms in total. The first-order valence-corrected chi connectivity index (χ1v) is 12.8. The molecule has 0 spiro atoms. The predicted molar refractivity (Wildman–Crippen MR) is 132 cm³/mol. The SMILES string of the molecule is Cc1ccc(CC/C=C2\C(c3ccccc3C)CN(S(=O)(=O)c3ccc(C)cc3)C2(F)F)cc1. The molecular formula is C28H29F2NO2S. The lowest BCUT2D eigenvalue weighted by Crippen LogP contribution is -2.41. The molecule has 0 amide bonds. The second kappa shape index (κ2) is 9.43. The Morgan fingerprint density at radius 1 is 0.912 bits per heavy atom. The van der Waals surface area contributed by atoms with E-state index in [1.54, 1.807) is 18.2 Å². The fourth-order valence-electron chi connectivity index (χ4n) is 4.48. The van der Waals surface area contributed by atoms with E-state index in [-0.39, 0.29) is 17.0 Å². The van der Waals surface area contributed by atoms with Crippen LogP contribution < -0.4 is 0 Å². The normalized spacial score (nSPS) is 19.6. The Morgan fingerprint density at radius 3 is 2.12 bits per heavy atom. The van der Waals surface area contributed by atoms with Gasteiger partial charge in [0.05, 0.1) is 4.90 Å². The average Bonchev–Trinajstić information content (AvgIpc) is 3.06. The Hall–Kier alpha value is -2.83. The minimum absolute atomic E-state index is 0.123. The molecule has 0 radical (unpaired) electrons. The molecule has 4 rings (SSSR count). The zero-order valence-electron chi connectivity index (χ0n) is 19.6. The summed E-state index contributed by atoms with van der Waals surface area (Å²) in [6.45, 7) is 5.39. The van der Waals surface area contributed by atoms with E-state index < -0.39 is 22.0 Å². The van der Waals surface area contributed by atoms with Crippen LogP contribution in [0.5, 0.6) is 0 Å². The third kappa shape index (κ3) is 4.70. The van der Waals surface area contributed by atoms with Gasteiger partial charge in [0.15, 0.2) is 0 Å². The van der Waals surface area contributed by atoms with Crippen molar-refractivity contribution in [2.45, 2.75) is 50.5 Å². The van der Waals surface area contributed by atoms with Gasteiger partial charge in [-0.15, -0.1) is 4.31 Å². The highest BCUT2D eigenvalue weighted by atomic mass is 32.2. The molecule has 1 unspecified atom stereocenters. The smallest absolute Gasteiger partial charge is 0.207 e. The zero-order chi connectivity index (χ0) is 24.5. The van der Waals surface area contributed by atoms with E-state index in [2.05, 4.69) is 0 Å². The number of rotatable bonds is 6. The third-order valence-corrected chi connectivity index (χ3v) is 8.30. The van der Waals surface area contributed by atoms with Gasteiger partial charge in [-0.3, -0.25) is 0 Å². The van der Waals surface area contributed by atoms with Crippen LogP contribution >= 0.6 is 0 Å². The molecule has 0 bridgehead atoms. The Kier molecular flexibility index (Phi) is 6.74. The van der Waals surface area contributed by atoms with Crippen LogP contribution in [0, 0.1) is 20.8 Å². The Balaban J connectivity index is 1.72. The highest BCUT2D eigenvalue weighted by molar-refractivity contribution is 7.89. The van der Waals surface area contributed by atoms with Gasteiger partial charge < -0.3 is 0 Å². The van der Waals surface area contributed by atoms with E-state index in [0.29, 0.717) is 17.1 Å². The quantitative estimate of drug-likeness (QED) is 0.296. The first kappa shape index (κ1) is 24.3. The van der Waals surface area contributed by atoms with Crippen LogP contribution in [-0.2, 0) is 16.4 Å². The molecular weight excluding hydrogens is 452 g/mol. The van der Waals surface area contributed by atoms with E-state index in [9.17, 15) is 8.42 Å². The summed E-state index contributed by atoms with van der Waals surface area (Å²) in [5.74, 6) is -0.713. The maximum atomic E-state index is 15.9. The van der Waals surface area contributed by atoms with Crippen LogP contribution in [0.4, 0.5) is 8.78 Å². The molecule has 1 atom stereocenters. The van der Waals surface area contributed by atoms with Crippen molar-refractivity contribution >= 4 is 10.0 Å². The van der Waals surface area contributed by atoms with Crippen molar-refractivity contribution in [2.75, 3.05) is 6.54 Å². The van der Waals surface area contributed by atoms with Crippen molar-refractivity contribution < 1.29 is 17.2 Å². The number of nitrogens with zero attached hydrogens (tertiary/aromatic N) is 1. The van der Waals surface area contributed by atoms with E-state index >= 15 is 8.78 Å². The number of hydrogen-bond donors (Lipinski definition) is 0. The van der Waals surface area contributed by atoms with Crippen LogP contribution in [0.1, 0.15) is 40.2 Å². The topological polar surface area (TPSA) is 37.4 Å². The Bertz CT molecular complexity index is 1300. The van der Waals surface area contributed by atoms with Gasteiger partial charge in [0.25, 0.3) is 0 Å². The number of sulfonamides is 1. The monoisotopic (exact) mass is 481 g/mol. The fraction of sp³-hybridized carbons (Fsp3) is 0.286. The first-order chi connectivity index (χ1) is 16.1. The number of hydrogen-bond acceptors (Lipinski definition) is 2. The lowest BCUT2D eigenvalue weighted by atomic mass is 9.89. The van der Waals surface area contributed by atoms with Gasteiger partial charge in [-0.05, 0) is 62.4 Å². The summed E-state index contributed by atoms with van der Waals surface area (Å²) in [5.41, 5.74) is 4.50. The molecule has 0 aliphatic carbocycles. The molecule has 1 heterocycles. The largest absolute Gasteiger partial charge is 0.341 e. The maximum Gasteiger partial charge on any atom is 0.341 e. The van der Waals surface area contributed by atoms with Crippen LogP contribution in [0.15, 0.2) is 89.3 Å². The van der Waals surface area contributed by atoms with E-state index in [1.165, 1.54) is 12.1 Å². The molecule has 3 aromatic carbocycles. The van der Waals surface area contributed by atoms with Gasteiger partial charge in [-0.25, -0.2) is 8.42 Å². The van der Waals surface area contributed by atoms with Gasteiger partial charge in [-0.1, -0.05) is 77.9 Å². The van der Waals surface area contributed by atoms with E-state index in [0.717, 1.165) is 27.8 Å². The van der Waals surface area contributed by atoms with Crippen LogP contribution in [0.2, 0.25) is 0 Å². The number of halogens is 2. The highest BCUT2D eigenvalue weighted by Crippen LogP contribution is 2.49. The molecule has 1 aliphatic heterocycles. The molecule has 0 saturated carbocycles. The van der Waals surface area contributed by atoms with Gasteiger partial charge >= 0.3 is 6.05 Å². The number of aryl methyl sites for hydroxylation is 4. The van der Waals surface area contributed by atoms with Crippen molar-refractivity contribution in [1.29, 1.82) is 0 Å². The molecule has 0 N–H and O–H groups in total. The third-order valence-electron chi connectivity index (χ3n) is 6.48. The van der Waals surface area contributed by atoms with Crippen molar-refractivity contribution in [2.24, 2.45) is 0 Å². The highest BCUT2D eigenvalue weighted by Gasteiger charge is 2.57. The van der Waals surface area contributed by atoms with E-state index in [4.69, 9.17) is 0 Å². The Labute approximate surface area is 200 Å². The van der Waals surface area contributed by atoms with Crippen molar-refractivity contribution in [3.05, 3.63) is 112 Å². The minimum Gasteiger partial charge on any atom is -0.207 e. The predicted octanol–water partition coefficient (Wildman–Crippen LogP) is 6.55. The van der Waals surface area contributed by atoms with Crippen LogP contribution in [0.25, 0.3) is 0 Å². The summed E-state index contributed by atoms with van der Waals surface area (Å²) in [7, 11) is -4.39. The lowest BCUT2D eigenvalue weighted by Gasteiger charge is -2.24. The zero-order valence-corrected chi connectivity index (χ0v) is 20.4. The first-order valence-electron chi connectivity index (χ1n) is 11.4. The second-order valence-corrected chi connectivity index (χ2v) is 10.8. The number of benzene rings is 3. The second-order valence-electron chi connectivity index (χ2n) is 8.98. The van der Waals surface area contributed by atoms with Crippen molar-refractivity contribution in [3.8, 4) is 0 Å². The molecule has 1 aliphatic rings. The summed E-state index contributed by atoms with van der Waals surface area (Å²) in [4.78, 5) is -0.123. The fourth-order valence-corrected chi connectivity index (χ4v) is 5.96. The summed E-state index contributed by atoms with van der Waals surface area (Å²) in [6, 6.07) is 17.7. The van der Waals surface area contributed by atoms with Gasteiger partial charge in [-0.2, -0.15) is 8.78 Å². The van der Waals surface area contributed by atoms with Gasteiger partial charge in [0.1, 0.15) is 0 Å². The molecule has 6 heteroatoms. The number of alkyl halides is 2. The molecule has 1 saturated heterocycles. The summed E-state index contributed by atoms with van der Waals surface area (Å²) < 4.78 is 58.7. The minimum atomic E-state index is -4.39. The molecule has 34 heavy (non-hydrogen) atoms. The standard InChI is InChI=1S/C28H29F2NO2S/c1-20-11-15-23(16-12-20)8-6-10-27-26(25-9-5-4-7-22(25)3)19-31(28(27,29)30)34(32,33)24-17-13-21(2)14-18-24/h4-5,7,9-18,26H,6,8,19H2,1-3H3/b27-10+. The summed E-state index contributed by atoms with van der Waals surface area (Å²) in [5, 5.41) is 0.